The molecule has 5 nitrogen and oxygen atoms in total. The summed E-state index contributed by atoms with van der Waals surface area (Å²) < 4.78 is 0. The van der Waals surface area contributed by atoms with Gasteiger partial charge in [-0.2, -0.15) is 0 Å². The number of likely N-dealkylation sites (N-methyl/N-ethyl adjacent to an activating group) is 1. The number of hydrogen-bond donors (Lipinski definition) is 1. The van der Waals surface area contributed by atoms with Crippen LogP contribution in [0.25, 0.3) is 6.08 Å². The van der Waals surface area contributed by atoms with Crippen molar-refractivity contribution in [3.63, 3.8) is 0 Å². The van der Waals surface area contributed by atoms with E-state index in [2.05, 4.69) is 4.99 Å². The minimum atomic E-state index is -0.979. The van der Waals surface area contributed by atoms with Gasteiger partial charge in [0.15, 0.2) is 5.17 Å². The lowest BCUT2D eigenvalue weighted by Gasteiger charge is -2.12. The van der Waals surface area contributed by atoms with Crippen LogP contribution < -0.4 is 0 Å². The predicted molar refractivity (Wildman–Crippen MR) is 105 cm³/mol. The molecule has 1 heterocycles. The van der Waals surface area contributed by atoms with Crippen LogP contribution >= 0.6 is 11.8 Å². The van der Waals surface area contributed by atoms with Crippen molar-refractivity contribution in [2.75, 3.05) is 6.54 Å². The zero-order chi connectivity index (χ0) is 18.7. The van der Waals surface area contributed by atoms with Crippen LogP contribution in [0.5, 0.6) is 0 Å². The summed E-state index contributed by atoms with van der Waals surface area (Å²) in [4.78, 5) is 30.3. The molecule has 1 saturated heterocycles. The number of hydrogen-bond acceptors (Lipinski definition) is 4. The highest BCUT2D eigenvalue weighted by Crippen LogP contribution is 2.34. The number of aliphatic imine (C=N–C) groups is 1. The monoisotopic (exact) mass is 366 g/mol. The lowest BCUT2D eigenvalue weighted by molar-refractivity contribution is -0.122. The van der Waals surface area contributed by atoms with Crippen LogP contribution in [0.4, 0.5) is 5.69 Å². The van der Waals surface area contributed by atoms with Crippen LogP contribution in [0.3, 0.4) is 0 Å². The molecule has 1 fully saturated rings. The molecule has 0 atom stereocenters. The molecule has 132 valence electrons. The van der Waals surface area contributed by atoms with Crippen molar-refractivity contribution in [1.82, 2.24) is 4.90 Å². The van der Waals surface area contributed by atoms with Crippen molar-refractivity contribution in [2.45, 2.75) is 13.8 Å². The number of carbonyl (C=O) groups excluding carboxylic acids is 1. The molecule has 1 aliphatic rings. The summed E-state index contributed by atoms with van der Waals surface area (Å²) in [6.07, 6.45) is 1.87. The number of aryl methyl sites for hydroxylation is 1. The van der Waals surface area contributed by atoms with Gasteiger partial charge in [0, 0.05) is 6.54 Å². The van der Waals surface area contributed by atoms with E-state index in [-0.39, 0.29) is 11.5 Å². The fourth-order valence-corrected chi connectivity index (χ4v) is 3.54. The predicted octanol–water partition coefficient (Wildman–Crippen LogP) is 4.32. The number of thioether (sulfide) groups is 1. The standard InChI is InChI=1S/C20H18N2O3S/c1-3-22-18(23)17(12-14-6-4-13(2)5-7-14)26-20(22)21-16-10-8-15(9-11-16)19(24)25/h4-12H,3H2,1-2H3,(H,24,25)/b17-12-,21-20?. The number of nitrogens with zero attached hydrogens (tertiary/aromatic N) is 2. The Hall–Kier alpha value is -2.86. The Morgan fingerprint density at radius 2 is 1.81 bits per heavy atom. The van der Waals surface area contributed by atoms with Crippen molar-refractivity contribution in [3.05, 3.63) is 70.1 Å². The van der Waals surface area contributed by atoms with E-state index in [1.165, 1.54) is 29.5 Å². The number of amides is 1. The number of aromatic carboxylic acids is 1. The molecule has 0 aromatic heterocycles. The molecule has 0 bridgehead atoms. The number of benzene rings is 2. The molecule has 0 spiro atoms. The minimum Gasteiger partial charge on any atom is -0.478 e. The lowest BCUT2D eigenvalue weighted by Crippen LogP contribution is -2.28. The summed E-state index contributed by atoms with van der Waals surface area (Å²) in [5.41, 5.74) is 2.95. The molecule has 3 rings (SSSR count). The van der Waals surface area contributed by atoms with Crippen molar-refractivity contribution in [1.29, 1.82) is 0 Å². The van der Waals surface area contributed by atoms with Crippen molar-refractivity contribution >= 4 is 40.6 Å². The van der Waals surface area contributed by atoms with Gasteiger partial charge < -0.3 is 5.11 Å². The number of carbonyl (C=O) groups is 2. The summed E-state index contributed by atoms with van der Waals surface area (Å²) in [7, 11) is 0. The second kappa shape index (κ2) is 7.58. The molecule has 0 saturated carbocycles. The third-order valence-electron chi connectivity index (χ3n) is 3.92. The first-order chi connectivity index (χ1) is 12.5. The van der Waals surface area contributed by atoms with E-state index < -0.39 is 5.97 Å². The number of amidine groups is 1. The van der Waals surface area contributed by atoms with Gasteiger partial charge in [-0.25, -0.2) is 9.79 Å². The zero-order valence-corrected chi connectivity index (χ0v) is 15.3. The van der Waals surface area contributed by atoms with E-state index in [0.29, 0.717) is 22.3 Å². The third kappa shape index (κ3) is 3.86. The second-order valence-corrected chi connectivity index (χ2v) is 6.83. The van der Waals surface area contributed by atoms with E-state index in [9.17, 15) is 9.59 Å². The van der Waals surface area contributed by atoms with Gasteiger partial charge in [-0.05, 0) is 61.5 Å². The first-order valence-corrected chi connectivity index (χ1v) is 8.99. The van der Waals surface area contributed by atoms with Gasteiger partial charge in [0.05, 0.1) is 16.2 Å². The zero-order valence-electron chi connectivity index (χ0n) is 14.5. The van der Waals surface area contributed by atoms with Crippen LogP contribution in [0.1, 0.15) is 28.4 Å². The fourth-order valence-electron chi connectivity index (χ4n) is 2.47. The topological polar surface area (TPSA) is 70.0 Å². The normalized spacial score (nSPS) is 17.3. The first kappa shape index (κ1) is 17.9. The number of rotatable bonds is 4. The molecule has 0 unspecified atom stereocenters. The molecule has 0 aliphatic carbocycles. The number of carboxylic acids is 1. The summed E-state index contributed by atoms with van der Waals surface area (Å²) in [5, 5.41) is 9.56. The van der Waals surface area contributed by atoms with Crippen LogP contribution in [0, 0.1) is 6.92 Å². The molecule has 1 aliphatic heterocycles. The number of carboxylic acid groups (broad SMARTS) is 1. The smallest absolute Gasteiger partial charge is 0.335 e. The Labute approximate surface area is 156 Å². The Morgan fingerprint density at radius 1 is 1.15 bits per heavy atom. The van der Waals surface area contributed by atoms with E-state index >= 15 is 0 Å². The van der Waals surface area contributed by atoms with Gasteiger partial charge in [-0.15, -0.1) is 0 Å². The van der Waals surface area contributed by atoms with Gasteiger partial charge >= 0.3 is 5.97 Å². The lowest BCUT2D eigenvalue weighted by atomic mass is 10.1. The molecule has 1 amide bonds. The Morgan fingerprint density at radius 3 is 2.38 bits per heavy atom. The molecule has 1 N–H and O–H groups in total. The third-order valence-corrected chi connectivity index (χ3v) is 4.93. The molecule has 2 aromatic carbocycles. The van der Waals surface area contributed by atoms with Crippen molar-refractivity contribution in [3.8, 4) is 0 Å². The molecule has 0 radical (unpaired) electrons. The first-order valence-electron chi connectivity index (χ1n) is 8.18. The Kier molecular flexibility index (Phi) is 5.23. The molecule has 2 aromatic rings. The van der Waals surface area contributed by atoms with Crippen LogP contribution in [0.2, 0.25) is 0 Å². The van der Waals surface area contributed by atoms with Gasteiger partial charge in [0.1, 0.15) is 0 Å². The second-order valence-electron chi connectivity index (χ2n) is 5.82. The van der Waals surface area contributed by atoms with Gasteiger partial charge in [0.2, 0.25) is 0 Å². The largest absolute Gasteiger partial charge is 0.478 e. The van der Waals surface area contributed by atoms with Crippen molar-refractivity contribution < 1.29 is 14.7 Å². The molecular weight excluding hydrogens is 348 g/mol. The molecular formula is C20H18N2O3S. The summed E-state index contributed by atoms with van der Waals surface area (Å²) in [5.74, 6) is -1.05. The highest BCUT2D eigenvalue weighted by molar-refractivity contribution is 8.18. The van der Waals surface area contributed by atoms with Crippen LogP contribution in [-0.2, 0) is 4.79 Å². The molecule has 6 heteroatoms. The molecule has 26 heavy (non-hydrogen) atoms. The van der Waals surface area contributed by atoms with E-state index in [0.717, 1.165) is 5.56 Å². The average molecular weight is 366 g/mol. The van der Waals surface area contributed by atoms with Crippen LogP contribution in [0.15, 0.2) is 58.4 Å². The van der Waals surface area contributed by atoms with E-state index in [1.807, 2.05) is 44.2 Å². The van der Waals surface area contributed by atoms with Gasteiger partial charge in [-0.1, -0.05) is 29.8 Å². The summed E-state index contributed by atoms with van der Waals surface area (Å²) >= 11 is 1.33. The van der Waals surface area contributed by atoms with Gasteiger partial charge in [-0.3, -0.25) is 9.69 Å². The van der Waals surface area contributed by atoms with Crippen LogP contribution in [-0.4, -0.2) is 33.6 Å². The minimum absolute atomic E-state index is 0.0704. The Bertz CT molecular complexity index is 900. The maximum absolute atomic E-state index is 12.6. The SMILES string of the molecule is CCN1C(=O)/C(=C/c2ccc(C)cc2)SC1=Nc1ccc(C(=O)O)cc1. The van der Waals surface area contributed by atoms with Gasteiger partial charge in [0.25, 0.3) is 5.91 Å². The van der Waals surface area contributed by atoms with E-state index in [4.69, 9.17) is 5.11 Å². The average Bonchev–Trinajstić information content (AvgIpc) is 2.92. The maximum Gasteiger partial charge on any atom is 0.335 e. The van der Waals surface area contributed by atoms with Crippen molar-refractivity contribution in [2.24, 2.45) is 4.99 Å². The summed E-state index contributed by atoms with van der Waals surface area (Å²) in [6, 6.07) is 14.2. The maximum atomic E-state index is 12.6. The fraction of sp³-hybridized carbons (Fsp3) is 0.150. The quantitative estimate of drug-likeness (QED) is 0.818. The highest BCUT2D eigenvalue weighted by Gasteiger charge is 2.32. The highest BCUT2D eigenvalue weighted by atomic mass is 32.2. The van der Waals surface area contributed by atoms with E-state index in [1.54, 1.807) is 17.0 Å². The summed E-state index contributed by atoms with van der Waals surface area (Å²) in [6.45, 7) is 4.44. The Balaban J connectivity index is 1.89.